The topological polar surface area (TPSA) is 60.2 Å². The molecule has 0 unspecified atom stereocenters. The standard InChI is InChI=1S/C25H32N4O2S/c1-19-23(32-20(2)27-19)25(30)29-14-10-22(11-15-29)24-26-12-16-28(24)13-6-7-17-31-18-21-8-4-3-5-9-21/h3-5,8-9,12,16,22H,6-7,10-11,13-15,17-18H2,1-2H3. The number of likely N-dealkylation sites (tertiary alicyclic amines) is 1. The molecule has 1 aliphatic heterocycles. The molecule has 32 heavy (non-hydrogen) atoms. The lowest BCUT2D eigenvalue weighted by Crippen LogP contribution is -2.38. The monoisotopic (exact) mass is 452 g/mol. The van der Waals surface area contributed by atoms with E-state index in [4.69, 9.17) is 4.74 Å². The highest BCUT2D eigenvalue weighted by Gasteiger charge is 2.28. The number of nitrogens with zero attached hydrogens (tertiary/aromatic N) is 4. The minimum Gasteiger partial charge on any atom is -0.377 e. The van der Waals surface area contributed by atoms with Gasteiger partial charge in [0.15, 0.2) is 0 Å². The van der Waals surface area contributed by atoms with Gasteiger partial charge in [-0.05, 0) is 45.1 Å². The first-order valence-corrected chi connectivity index (χ1v) is 12.3. The third-order valence-corrected chi connectivity index (χ3v) is 7.10. The summed E-state index contributed by atoms with van der Waals surface area (Å²) in [7, 11) is 0. The maximum Gasteiger partial charge on any atom is 0.265 e. The van der Waals surface area contributed by atoms with Crippen LogP contribution >= 0.6 is 11.3 Å². The maximum absolute atomic E-state index is 12.9. The third kappa shape index (κ3) is 5.64. The van der Waals surface area contributed by atoms with Crippen molar-refractivity contribution in [2.75, 3.05) is 19.7 Å². The van der Waals surface area contributed by atoms with Gasteiger partial charge in [0.1, 0.15) is 10.7 Å². The number of aryl methyl sites for hydroxylation is 3. The number of piperidine rings is 1. The van der Waals surface area contributed by atoms with Gasteiger partial charge in [-0.15, -0.1) is 11.3 Å². The molecule has 0 spiro atoms. The Kier molecular flexibility index (Phi) is 7.71. The number of carbonyl (C=O) groups excluding carboxylic acids is 1. The highest BCUT2D eigenvalue weighted by Crippen LogP contribution is 2.29. The average Bonchev–Trinajstić information content (AvgIpc) is 3.42. The molecule has 2 aromatic heterocycles. The Morgan fingerprint density at radius 2 is 1.94 bits per heavy atom. The Balaban J connectivity index is 1.21. The van der Waals surface area contributed by atoms with Gasteiger partial charge >= 0.3 is 0 Å². The van der Waals surface area contributed by atoms with Gasteiger partial charge in [-0.25, -0.2) is 9.97 Å². The molecule has 6 nitrogen and oxygen atoms in total. The van der Waals surface area contributed by atoms with Crippen molar-refractivity contribution in [2.24, 2.45) is 0 Å². The molecule has 0 atom stereocenters. The lowest BCUT2D eigenvalue weighted by Gasteiger charge is -2.31. The second-order valence-corrected chi connectivity index (χ2v) is 9.64. The molecule has 7 heteroatoms. The van der Waals surface area contributed by atoms with Crippen molar-refractivity contribution in [1.29, 1.82) is 0 Å². The zero-order valence-electron chi connectivity index (χ0n) is 19.0. The molecule has 0 radical (unpaired) electrons. The van der Waals surface area contributed by atoms with Crippen LogP contribution in [0.15, 0.2) is 42.7 Å². The van der Waals surface area contributed by atoms with E-state index in [0.717, 1.165) is 73.3 Å². The highest BCUT2D eigenvalue weighted by molar-refractivity contribution is 7.13. The molecule has 4 rings (SSSR count). The van der Waals surface area contributed by atoms with E-state index in [9.17, 15) is 4.79 Å². The number of benzene rings is 1. The summed E-state index contributed by atoms with van der Waals surface area (Å²) in [5.74, 6) is 1.70. The molecule has 0 saturated carbocycles. The van der Waals surface area contributed by atoms with Crippen molar-refractivity contribution < 1.29 is 9.53 Å². The second kappa shape index (κ2) is 10.9. The van der Waals surface area contributed by atoms with Gasteiger partial charge in [0, 0.05) is 44.6 Å². The van der Waals surface area contributed by atoms with Crippen molar-refractivity contribution >= 4 is 17.2 Å². The van der Waals surface area contributed by atoms with E-state index in [1.165, 1.54) is 16.9 Å². The molecule has 1 saturated heterocycles. The molecule has 0 bridgehead atoms. The van der Waals surface area contributed by atoms with Crippen LogP contribution in [-0.4, -0.2) is 45.0 Å². The zero-order chi connectivity index (χ0) is 22.3. The van der Waals surface area contributed by atoms with Crippen molar-refractivity contribution in [1.82, 2.24) is 19.4 Å². The normalized spacial score (nSPS) is 14.8. The van der Waals surface area contributed by atoms with Gasteiger partial charge in [-0.3, -0.25) is 4.79 Å². The number of imidazole rings is 1. The molecular weight excluding hydrogens is 420 g/mol. The number of hydrogen-bond acceptors (Lipinski definition) is 5. The molecule has 3 heterocycles. The Bertz CT molecular complexity index is 1010. The van der Waals surface area contributed by atoms with Crippen LogP contribution in [0.1, 0.15) is 63.4 Å². The van der Waals surface area contributed by atoms with E-state index in [1.807, 2.05) is 43.1 Å². The van der Waals surface area contributed by atoms with Gasteiger partial charge in [-0.1, -0.05) is 30.3 Å². The largest absolute Gasteiger partial charge is 0.377 e. The first-order chi connectivity index (χ1) is 15.6. The van der Waals surface area contributed by atoms with E-state index in [2.05, 4.69) is 32.9 Å². The summed E-state index contributed by atoms with van der Waals surface area (Å²) in [4.78, 5) is 24.7. The molecule has 1 aromatic carbocycles. The summed E-state index contributed by atoms with van der Waals surface area (Å²) in [6, 6.07) is 10.3. The fraction of sp³-hybridized carbons (Fsp3) is 0.480. The smallest absolute Gasteiger partial charge is 0.265 e. The minimum atomic E-state index is 0.130. The van der Waals surface area contributed by atoms with E-state index >= 15 is 0 Å². The van der Waals surface area contributed by atoms with Crippen LogP contribution in [-0.2, 0) is 17.9 Å². The van der Waals surface area contributed by atoms with E-state index in [0.29, 0.717) is 12.5 Å². The van der Waals surface area contributed by atoms with Crippen LogP contribution in [0.5, 0.6) is 0 Å². The molecule has 1 amide bonds. The van der Waals surface area contributed by atoms with Crippen LogP contribution in [0.3, 0.4) is 0 Å². The maximum atomic E-state index is 12.9. The second-order valence-electron chi connectivity index (χ2n) is 8.44. The Hall–Kier alpha value is -2.51. The van der Waals surface area contributed by atoms with Crippen LogP contribution in [0, 0.1) is 13.8 Å². The van der Waals surface area contributed by atoms with Gasteiger partial charge < -0.3 is 14.2 Å². The quantitative estimate of drug-likeness (QED) is 0.430. The molecule has 1 aliphatic rings. The zero-order valence-corrected chi connectivity index (χ0v) is 19.8. The fourth-order valence-corrected chi connectivity index (χ4v) is 5.22. The summed E-state index contributed by atoms with van der Waals surface area (Å²) < 4.78 is 8.09. The molecular formula is C25H32N4O2S. The fourth-order valence-electron chi connectivity index (χ4n) is 4.33. The van der Waals surface area contributed by atoms with Crippen molar-refractivity contribution in [3.63, 3.8) is 0 Å². The third-order valence-electron chi connectivity index (χ3n) is 6.04. The van der Waals surface area contributed by atoms with Gasteiger partial charge in [0.2, 0.25) is 0 Å². The lowest BCUT2D eigenvalue weighted by molar-refractivity contribution is 0.0714. The molecule has 3 aromatic rings. The predicted octanol–water partition coefficient (Wildman–Crippen LogP) is 4.97. The Morgan fingerprint density at radius 3 is 2.66 bits per heavy atom. The summed E-state index contributed by atoms with van der Waals surface area (Å²) in [6.07, 6.45) is 8.01. The van der Waals surface area contributed by atoms with Gasteiger partial charge in [0.25, 0.3) is 5.91 Å². The average molecular weight is 453 g/mol. The van der Waals surface area contributed by atoms with Gasteiger partial charge in [0.05, 0.1) is 17.3 Å². The summed E-state index contributed by atoms with van der Waals surface area (Å²) in [5, 5.41) is 0.952. The summed E-state index contributed by atoms with van der Waals surface area (Å²) in [5.41, 5.74) is 2.07. The SMILES string of the molecule is Cc1nc(C)c(C(=O)N2CCC(c3nccn3CCCCOCc3ccccc3)CC2)s1. The number of thiazole rings is 1. The number of hydrogen-bond donors (Lipinski definition) is 0. The summed E-state index contributed by atoms with van der Waals surface area (Å²) in [6.45, 7) is 7.84. The van der Waals surface area contributed by atoms with E-state index in [-0.39, 0.29) is 5.91 Å². The number of unbranched alkanes of at least 4 members (excludes halogenated alkanes) is 1. The number of amides is 1. The molecule has 170 valence electrons. The van der Waals surface area contributed by atoms with E-state index in [1.54, 1.807) is 0 Å². The Labute approximate surface area is 194 Å². The van der Waals surface area contributed by atoms with Crippen LogP contribution in [0.2, 0.25) is 0 Å². The molecule has 1 fully saturated rings. The Morgan fingerprint density at radius 1 is 1.16 bits per heavy atom. The number of aromatic nitrogens is 3. The number of ether oxygens (including phenoxy) is 1. The van der Waals surface area contributed by atoms with Crippen LogP contribution in [0.25, 0.3) is 0 Å². The first kappa shape index (κ1) is 22.7. The first-order valence-electron chi connectivity index (χ1n) is 11.5. The lowest BCUT2D eigenvalue weighted by atomic mass is 9.95. The predicted molar refractivity (Wildman–Crippen MR) is 127 cm³/mol. The van der Waals surface area contributed by atoms with E-state index < -0.39 is 0 Å². The van der Waals surface area contributed by atoms with Crippen molar-refractivity contribution in [2.45, 2.75) is 58.6 Å². The number of carbonyl (C=O) groups is 1. The summed E-state index contributed by atoms with van der Waals surface area (Å²) >= 11 is 1.50. The molecule has 0 N–H and O–H groups in total. The van der Waals surface area contributed by atoms with Gasteiger partial charge in [-0.2, -0.15) is 0 Å². The van der Waals surface area contributed by atoms with Crippen LogP contribution in [0.4, 0.5) is 0 Å². The number of rotatable bonds is 9. The highest BCUT2D eigenvalue weighted by atomic mass is 32.1. The van der Waals surface area contributed by atoms with Crippen molar-refractivity contribution in [3.8, 4) is 0 Å². The molecule has 0 aliphatic carbocycles. The minimum absolute atomic E-state index is 0.130. The van der Waals surface area contributed by atoms with Crippen LogP contribution < -0.4 is 0 Å². The van der Waals surface area contributed by atoms with Crippen molar-refractivity contribution in [3.05, 3.63) is 69.7 Å².